The van der Waals surface area contributed by atoms with Crippen LogP contribution in [0.25, 0.3) is 0 Å². The number of hydrogen-bond acceptors (Lipinski definition) is 2. The van der Waals surface area contributed by atoms with E-state index in [1.165, 1.54) is 19.3 Å². The Morgan fingerprint density at radius 1 is 1.67 bits per heavy atom. The molecule has 0 aromatic rings. The van der Waals surface area contributed by atoms with Crippen LogP contribution in [0.5, 0.6) is 0 Å². The van der Waals surface area contributed by atoms with Crippen LogP contribution in [-0.4, -0.2) is 22.6 Å². The second kappa shape index (κ2) is 4.62. The minimum absolute atomic E-state index is 0.599. The molecule has 0 saturated carbocycles. The van der Waals surface area contributed by atoms with Crippen molar-refractivity contribution in [3.63, 3.8) is 0 Å². The molecule has 1 aliphatic rings. The lowest BCUT2D eigenvalue weighted by Crippen LogP contribution is -2.50. The standard InChI is InChI=1S/C8H17N3S/c1-2-7-5-3-4-6-11(7)8(12)10-9/h7H,2-6,9H2,1H3,(H,10,12). The van der Waals surface area contributed by atoms with Gasteiger partial charge in [0.2, 0.25) is 0 Å². The Labute approximate surface area is 79.3 Å². The van der Waals surface area contributed by atoms with Gasteiger partial charge in [0.15, 0.2) is 5.11 Å². The molecular weight excluding hydrogens is 170 g/mol. The molecule has 1 rings (SSSR count). The Kier molecular flexibility index (Phi) is 3.75. The molecule has 1 heterocycles. The Morgan fingerprint density at radius 2 is 2.42 bits per heavy atom. The van der Waals surface area contributed by atoms with E-state index in [-0.39, 0.29) is 0 Å². The zero-order valence-electron chi connectivity index (χ0n) is 7.55. The third-order valence-electron chi connectivity index (χ3n) is 2.48. The minimum Gasteiger partial charge on any atom is -0.345 e. The number of hydrazine groups is 1. The van der Waals surface area contributed by atoms with Crippen LogP contribution in [-0.2, 0) is 0 Å². The normalized spacial score (nSPS) is 23.8. The fraction of sp³-hybridized carbons (Fsp3) is 0.875. The molecule has 0 radical (unpaired) electrons. The highest BCUT2D eigenvalue weighted by Crippen LogP contribution is 2.18. The summed E-state index contributed by atoms with van der Waals surface area (Å²) >= 11 is 5.11. The Bertz CT molecular complexity index is 160. The highest BCUT2D eigenvalue weighted by atomic mass is 32.1. The predicted octanol–water partition coefficient (Wildman–Crippen LogP) is 0.999. The molecule has 0 amide bonds. The van der Waals surface area contributed by atoms with Gasteiger partial charge in [0, 0.05) is 12.6 Å². The fourth-order valence-electron chi connectivity index (χ4n) is 1.78. The molecule has 0 aromatic carbocycles. The lowest BCUT2D eigenvalue weighted by atomic mass is 10.0. The number of piperidine rings is 1. The molecule has 70 valence electrons. The van der Waals surface area contributed by atoms with E-state index >= 15 is 0 Å². The average molecular weight is 187 g/mol. The third-order valence-corrected chi connectivity index (χ3v) is 2.84. The first-order valence-corrected chi connectivity index (χ1v) is 4.97. The molecule has 12 heavy (non-hydrogen) atoms. The lowest BCUT2D eigenvalue weighted by Gasteiger charge is -2.36. The van der Waals surface area contributed by atoms with Gasteiger partial charge in [-0.1, -0.05) is 6.92 Å². The minimum atomic E-state index is 0.599. The van der Waals surface area contributed by atoms with Gasteiger partial charge in [0.1, 0.15) is 0 Å². The number of rotatable bonds is 1. The van der Waals surface area contributed by atoms with Crippen molar-refractivity contribution in [1.29, 1.82) is 0 Å². The second-order valence-electron chi connectivity index (χ2n) is 3.20. The molecule has 1 fully saturated rings. The van der Waals surface area contributed by atoms with Gasteiger partial charge in [0.05, 0.1) is 0 Å². The first-order valence-electron chi connectivity index (χ1n) is 4.56. The van der Waals surface area contributed by atoms with Crippen LogP contribution < -0.4 is 11.3 Å². The van der Waals surface area contributed by atoms with E-state index in [9.17, 15) is 0 Å². The molecule has 0 spiro atoms. The summed E-state index contributed by atoms with van der Waals surface area (Å²) in [7, 11) is 0. The summed E-state index contributed by atoms with van der Waals surface area (Å²) < 4.78 is 0. The van der Waals surface area contributed by atoms with Gasteiger partial charge < -0.3 is 10.3 Å². The van der Waals surface area contributed by atoms with Gasteiger partial charge in [-0.2, -0.15) is 0 Å². The molecular formula is C8H17N3S. The largest absolute Gasteiger partial charge is 0.345 e. The van der Waals surface area contributed by atoms with Crippen molar-refractivity contribution in [2.24, 2.45) is 5.84 Å². The molecule has 1 atom stereocenters. The molecule has 4 heteroatoms. The highest BCUT2D eigenvalue weighted by molar-refractivity contribution is 7.80. The number of hydrogen-bond donors (Lipinski definition) is 2. The van der Waals surface area contributed by atoms with Crippen LogP contribution in [0.15, 0.2) is 0 Å². The zero-order chi connectivity index (χ0) is 8.97. The Morgan fingerprint density at radius 3 is 3.00 bits per heavy atom. The molecule has 0 aromatic heterocycles. The first-order chi connectivity index (χ1) is 5.79. The highest BCUT2D eigenvalue weighted by Gasteiger charge is 2.21. The topological polar surface area (TPSA) is 41.3 Å². The molecule has 3 nitrogen and oxygen atoms in total. The molecule has 1 unspecified atom stereocenters. The Hall–Kier alpha value is -0.350. The van der Waals surface area contributed by atoms with E-state index < -0.39 is 0 Å². The van der Waals surface area contributed by atoms with E-state index in [2.05, 4.69) is 17.2 Å². The van der Waals surface area contributed by atoms with Crippen molar-refractivity contribution in [3.05, 3.63) is 0 Å². The number of nitrogens with zero attached hydrogens (tertiary/aromatic N) is 1. The van der Waals surface area contributed by atoms with E-state index in [0.29, 0.717) is 11.2 Å². The molecule has 3 N–H and O–H groups in total. The molecule has 0 aliphatic carbocycles. The van der Waals surface area contributed by atoms with Gasteiger partial charge in [-0.3, -0.25) is 0 Å². The van der Waals surface area contributed by atoms with Crippen LogP contribution >= 0.6 is 12.2 Å². The van der Waals surface area contributed by atoms with Gasteiger partial charge in [0.25, 0.3) is 0 Å². The van der Waals surface area contributed by atoms with Crippen molar-refractivity contribution < 1.29 is 0 Å². The fourth-order valence-corrected chi connectivity index (χ4v) is 2.02. The Balaban J connectivity index is 2.52. The van der Waals surface area contributed by atoms with E-state index in [4.69, 9.17) is 18.1 Å². The molecule has 1 saturated heterocycles. The van der Waals surface area contributed by atoms with Crippen molar-refractivity contribution >= 4 is 17.3 Å². The van der Waals surface area contributed by atoms with E-state index in [1.54, 1.807) is 0 Å². The van der Waals surface area contributed by atoms with Crippen LogP contribution in [0.1, 0.15) is 32.6 Å². The number of thiocarbonyl (C=S) groups is 1. The summed E-state index contributed by atoms with van der Waals surface area (Å²) in [6.07, 6.45) is 4.96. The van der Waals surface area contributed by atoms with Crippen molar-refractivity contribution in [2.75, 3.05) is 6.54 Å². The summed E-state index contributed by atoms with van der Waals surface area (Å²) in [5.41, 5.74) is 2.56. The van der Waals surface area contributed by atoms with Crippen LogP contribution in [0.4, 0.5) is 0 Å². The second-order valence-corrected chi connectivity index (χ2v) is 3.59. The van der Waals surface area contributed by atoms with E-state index in [1.807, 2.05) is 0 Å². The molecule has 0 bridgehead atoms. The van der Waals surface area contributed by atoms with Crippen LogP contribution in [0, 0.1) is 0 Å². The number of nitrogens with two attached hydrogens (primary N) is 1. The average Bonchev–Trinajstić information content (AvgIpc) is 2.16. The zero-order valence-corrected chi connectivity index (χ0v) is 8.36. The van der Waals surface area contributed by atoms with Crippen molar-refractivity contribution in [1.82, 2.24) is 10.3 Å². The lowest BCUT2D eigenvalue weighted by molar-refractivity contribution is 0.233. The summed E-state index contributed by atoms with van der Waals surface area (Å²) in [5, 5.41) is 0.696. The van der Waals surface area contributed by atoms with Gasteiger partial charge in [-0.05, 0) is 37.9 Å². The van der Waals surface area contributed by atoms with Crippen molar-refractivity contribution in [2.45, 2.75) is 38.6 Å². The predicted molar refractivity (Wildman–Crippen MR) is 54.6 cm³/mol. The monoisotopic (exact) mass is 187 g/mol. The quantitative estimate of drug-likeness (QED) is 0.365. The third kappa shape index (κ3) is 2.08. The van der Waals surface area contributed by atoms with Crippen molar-refractivity contribution in [3.8, 4) is 0 Å². The number of likely N-dealkylation sites (tertiary alicyclic amines) is 1. The maximum absolute atomic E-state index is 5.29. The number of nitrogens with one attached hydrogen (secondary N) is 1. The maximum Gasteiger partial charge on any atom is 0.183 e. The summed E-state index contributed by atoms with van der Waals surface area (Å²) in [6, 6.07) is 0.599. The summed E-state index contributed by atoms with van der Waals surface area (Å²) in [4.78, 5) is 2.21. The maximum atomic E-state index is 5.29. The van der Waals surface area contributed by atoms with Gasteiger partial charge in [-0.15, -0.1) is 0 Å². The van der Waals surface area contributed by atoms with Gasteiger partial charge >= 0.3 is 0 Å². The smallest absolute Gasteiger partial charge is 0.183 e. The summed E-state index contributed by atoms with van der Waals surface area (Å²) in [6.45, 7) is 3.25. The van der Waals surface area contributed by atoms with Crippen LogP contribution in [0.3, 0.4) is 0 Å². The summed E-state index contributed by atoms with van der Waals surface area (Å²) in [5.74, 6) is 5.29. The molecule has 1 aliphatic heterocycles. The van der Waals surface area contributed by atoms with Gasteiger partial charge in [-0.25, -0.2) is 5.84 Å². The van der Waals surface area contributed by atoms with E-state index in [0.717, 1.165) is 13.0 Å². The SMILES string of the molecule is CCC1CCCCN1C(=S)NN. The first kappa shape index (κ1) is 9.74. The van der Waals surface area contributed by atoms with Crippen LogP contribution in [0.2, 0.25) is 0 Å².